The highest BCUT2D eigenvalue weighted by Crippen LogP contribution is 1.38. The summed E-state index contributed by atoms with van der Waals surface area (Å²) in [6.07, 6.45) is 1.26. The van der Waals surface area contributed by atoms with E-state index in [2.05, 4.69) is 17.8 Å². The van der Waals surface area contributed by atoms with Crippen molar-refractivity contribution in [2.75, 3.05) is 0 Å². The van der Waals surface area contributed by atoms with Gasteiger partial charge in [-0.05, 0) is 6.58 Å². The van der Waals surface area contributed by atoms with Gasteiger partial charge in [-0.15, -0.1) is 0 Å². The van der Waals surface area contributed by atoms with Gasteiger partial charge < -0.3 is 0 Å². The minimum atomic E-state index is 1.26. The van der Waals surface area contributed by atoms with Gasteiger partial charge in [-0.2, -0.15) is 0 Å². The van der Waals surface area contributed by atoms with Gasteiger partial charge in [0.05, 0.1) is 0 Å². The molecule has 1 nitrogen and oxygen atoms in total. The highest BCUT2D eigenvalue weighted by molar-refractivity contribution is 5.12. The molecule has 0 saturated carbocycles. The molecule has 0 bridgehead atoms. The van der Waals surface area contributed by atoms with E-state index in [1.165, 1.54) is 6.26 Å². The van der Waals surface area contributed by atoms with E-state index in [-0.39, 0.29) is 0 Å². The zero-order chi connectivity index (χ0) is 3.41. The third-order valence-corrected chi connectivity index (χ3v) is 0.118. The lowest BCUT2D eigenvalue weighted by atomic mass is 11.2. The van der Waals surface area contributed by atoms with Crippen LogP contribution >= 0.6 is 0 Å². The Morgan fingerprint density at radius 1 is 1.75 bits per heavy atom. The monoisotopic (exact) mass is 57.0 g/mol. The molecule has 0 N–H and O–H groups in total. The molecule has 0 aliphatic rings. The van der Waals surface area contributed by atoms with Gasteiger partial charge in [-0.25, -0.2) is 4.42 Å². The molecule has 0 unspecified atom stereocenters. The molecule has 4 heavy (non-hydrogen) atoms. The summed E-state index contributed by atoms with van der Waals surface area (Å²) in [5.74, 6) is 0. The summed E-state index contributed by atoms with van der Waals surface area (Å²) in [7, 11) is 0. The minimum Gasteiger partial charge on any atom is -0.233 e. The maximum atomic E-state index is 4.06. The predicted octanol–water partition coefficient (Wildman–Crippen LogP) is 0.494. The predicted molar refractivity (Wildman–Crippen MR) is 17.3 cm³/mol. The van der Waals surface area contributed by atoms with Crippen molar-refractivity contribution in [3.05, 3.63) is 12.8 Å². The number of hydrogen-bond donors (Lipinski definition) is 0. The van der Waals surface area contributed by atoms with Gasteiger partial charge in [0.15, 0.2) is 0 Å². The first-order valence-electron chi connectivity index (χ1n) is 0.933. The van der Waals surface area contributed by atoms with E-state index in [4.69, 9.17) is 0 Å². The van der Waals surface area contributed by atoms with E-state index in [0.29, 0.717) is 0 Å². The Morgan fingerprint density at radius 2 is 2.00 bits per heavy atom. The Kier molecular flexibility index (Phi) is 2.05. The first-order valence-corrected chi connectivity index (χ1v) is 0.933. The van der Waals surface area contributed by atoms with Gasteiger partial charge in [-0.3, -0.25) is 0 Å². The van der Waals surface area contributed by atoms with Crippen LogP contribution in [0.15, 0.2) is 12.8 Å². The van der Waals surface area contributed by atoms with Gasteiger partial charge >= 0.3 is 6.26 Å². The molecular formula is C3H5O+. The highest BCUT2D eigenvalue weighted by atomic mass is 16.4. The van der Waals surface area contributed by atoms with Gasteiger partial charge in [0, 0.05) is 0 Å². The van der Waals surface area contributed by atoms with Crippen molar-refractivity contribution in [2.24, 2.45) is 0 Å². The molecule has 0 saturated heterocycles. The SMILES string of the molecule is C=C[O+]=C. The molecule has 0 spiro atoms. The Balaban J connectivity index is 2.73. The van der Waals surface area contributed by atoms with Crippen LogP contribution in [-0.4, -0.2) is 6.79 Å². The zero-order valence-electron chi connectivity index (χ0n) is 2.40. The second kappa shape index (κ2) is 2.41. The molecule has 0 aliphatic heterocycles. The number of hydrogen-bond acceptors (Lipinski definition) is 0. The minimum absolute atomic E-state index is 1.26. The largest absolute Gasteiger partial charge is 0.309 e. The number of carbonyl (C=O) groups excluding carboxylic acids is 1. The normalized spacial score (nSPS) is 5.00. The van der Waals surface area contributed by atoms with Crippen LogP contribution < -0.4 is 0 Å². The molecule has 0 aliphatic carbocycles. The molecule has 0 aromatic carbocycles. The van der Waals surface area contributed by atoms with Crippen LogP contribution in [0.4, 0.5) is 0 Å². The summed E-state index contributed by atoms with van der Waals surface area (Å²) >= 11 is 0. The first kappa shape index (κ1) is 3.41. The second-order valence-corrected chi connectivity index (χ2v) is 0.333. The summed E-state index contributed by atoms with van der Waals surface area (Å²) in [6, 6.07) is 0. The molecule has 0 fully saturated rings. The summed E-state index contributed by atoms with van der Waals surface area (Å²) in [6.45, 7) is 6.18. The van der Waals surface area contributed by atoms with Gasteiger partial charge in [0.2, 0.25) is 0 Å². The molecule has 0 amide bonds. The molecule has 0 aromatic rings. The Bertz CT molecular complexity index is 24.3. The van der Waals surface area contributed by atoms with Crippen molar-refractivity contribution in [1.29, 1.82) is 0 Å². The summed E-state index contributed by atoms with van der Waals surface area (Å²) in [5, 5.41) is 0. The van der Waals surface area contributed by atoms with E-state index in [0.717, 1.165) is 0 Å². The van der Waals surface area contributed by atoms with Crippen molar-refractivity contribution in [1.82, 2.24) is 0 Å². The van der Waals surface area contributed by atoms with Gasteiger partial charge in [0.1, 0.15) is 0 Å². The van der Waals surface area contributed by atoms with Crippen LogP contribution in [0.2, 0.25) is 0 Å². The second-order valence-electron chi connectivity index (χ2n) is 0.333. The fraction of sp³-hybridized carbons (Fsp3) is 0. The molecular weight excluding hydrogens is 52.0 g/mol. The molecule has 0 rings (SSSR count). The van der Waals surface area contributed by atoms with Crippen LogP contribution in [0.5, 0.6) is 0 Å². The fourth-order valence-corrected chi connectivity index (χ4v) is 0. The lowest BCUT2D eigenvalue weighted by Gasteiger charge is -1.33. The van der Waals surface area contributed by atoms with E-state index >= 15 is 0 Å². The average molecular weight is 57.1 g/mol. The highest BCUT2D eigenvalue weighted by Gasteiger charge is 1.45. The van der Waals surface area contributed by atoms with Crippen LogP contribution in [0.3, 0.4) is 0 Å². The van der Waals surface area contributed by atoms with Crippen molar-refractivity contribution < 1.29 is 4.42 Å². The fourth-order valence-electron chi connectivity index (χ4n) is 0. The standard InChI is InChI=1S/C3H5O/c1-3-4-2/h3H,1-2H2/q+1. The van der Waals surface area contributed by atoms with Crippen LogP contribution in [0.1, 0.15) is 0 Å². The lowest BCUT2D eigenvalue weighted by molar-refractivity contribution is -0.360. The van der Waals surface area contributed by atoms with Crippen LogP contribution in [0, 0.1) is 0 Å². The zero-order valence-corrected chi connectivity index (χ0v) is 2.40. The van der Waals surface area contributed by atoms with Gasteiger partial charge in [0.25, 0.3) is 6.79 Å². The van der Waals surface area contributed by atoms with E-state index in [9.17, 15) is 0 Å². The van der Waals surface area contributed by atoms with Crippen molar-refractivity contribution in [3.8, 4) is 0 Å². The third-order valence-electron chi connectivity index (χ3n) is 0.118. The molecule has 22 valence electrons. The summed E-state index contributed by atoms with van der Waals surface area (Å²) in [5.41, 5.74) is 0. The van der Waals surface area contributed by atoms with Crippen molar-refractivity contribution >= 4 is 6.79 Å². The molecule has 0 heterocycles. The van der Waals surface area contributed by atoms with Crippen molar-refractivity contribution in [3.63, 3.8) is 0 Å². The van der Waals surface area contributed by atoms with E-state index in [1.54, 1.807) is 0 Å². The van der Waals surface area contributed by atoms with Crippen molar-refractivity contribution in [2.45, 2.75) is 0 Å². The van der Waals surface area contributed by atoms with Gasteiger partial charge in [-0.1, -0.05) is 0 Å². The molecule has 0 radical (unpaired) electrons. The first-order chi connectivity index (χ1) is 1.91. The number of rotatable bonds is 1. The molecule has 0 atom stereocenters. The Morgan fingerprint density at radius 3 is 2.00 bits per heavy atom. The van der Waals surface area contributed by atoms with E-state index in [1.807, 2.05) is 0 Å². The molecule has 1 heteroatoms. The van der Waals surface area contributed by atoms with Crippen LogP contribution in [-0.2, 0) is 4.42 Å². The molecule has 0 aromatic heterocycles. The quantitative estimate of drug-likeness (QED) is 0.306. The topological polar surface area (TPSA) is 11.3 Å². The lowest BCUT2D eigenvalue weighted by Crippen LogP contribution is -1.40. The van der Waals surface area contributed by atoms with Crippen LogP contribution in [0.25, 0.3) is 0 Å². The Labute approximate surface area is 25.3 Å². The van der Waals surface area contributed by atoms with E-state index < -0.39 is 0 Å². The maximum Gasteiger partial charge on any atom is 0.309 e. The third kappa shape index (κ3) is 1.41. The smallest absolute Gasteiger partial charge is 0.233 e. The summed E-state index contributed by atoms with van der Waals surface area (Å²) < 4.78 is 4.06. The maximum absolute atomic E-state index is 4.06. The Hall–Kier alpha value is -0.590. The average Bonchev–Trinajstić information content (AvgIpc) is 1.37. The summed E-state index contributed by atoms with van der Waals surface area (Å²) in [4.78, 5) is 0.